The first-order chi connectivity index (χ1) is 7.00. The standard InChI is InChI=1S/C8H13ClN4O2/c1-8(3-14,4-15)2-5-11-7(10)6(9)13-12-5/h14-15H,2-4H2,1H3,(H2,10,11,12). The van der Waals surface area contributed by atoms with Crippen LogP contribution in [0.15, 0.2) is 0 Å². The smallest absolute Gasteiger partial charge is 0.193 e. The number of rotatable bonds is 4. The zero-order chi connectivity index (χ0) is 11.5. The van der Waals surface area contributed by atoms with Crippen molar-refractivity contribution < 1.29 is 10.2 Å². The highest BCUT2D eigenvalue weighted by Gasteiger charge is 2.24. The summed E-state index contributed by atoms with van der Waals surface area (Å²) in [5, 5.41) is 25.5. The van der Waals surface area contributed by atoms with Gasteiger partial charge in [0.25, 0.3) is 0 Å². The maximum atomic E-state index is 9.08. The number of nitrogen functional groups attached to an aromatic ring is 1. The summed E-state index contributed by atoms with van der Waals surface area (Å²) >= 11 is 5.56. The molecule has 7 heteroatoms. The molecule has 1 rings (SSSR count). The van der Waals surface area contributed by atoms with Crippen molar-refractivity contribution in [3.05, 3.63) is 11.0 Å². The molecule has 0 spiro atoms. The van der Waals surface area contributed by atoms with Crippen molar-refractivity contribution in [3.8, 4) is 0 Å². The Morgan fingerprint density at radius 3 is 2.40 bits per heavy atom. The fourth-order valence-electron chi connectivity index (χ4n) is 0.979. The summed E-state index contributed by atoms with van der Waals surface area (Å²) in [7, 11) is 0. The third-order valence-corrected chi connectivity index (χ3v) is 2.33. The third kappa shape index (κ3) is 2.98. The summed E-state index contributed by atoms with van der Waals surface area (Å²) in [5.41, 5.74) is 4.77. The van der Waals surface area contributed by atoms with E-state index >= 15 is 0 Å². The molecule has 0 atom stereocenters. The van der Waals surface area contributed by atoms with Crippen LogP contribution in [0.2, 0.25) is 5.15 Å². The van der Waals surface area contributed by atoms with E-state index in [2.05, 4.69) is 15.2 Å². The van der Waals surface area contributed by atoms with Gasteiger partial charge in [0, 0.05) is 11.8 Å². The molecule has 0 fully saturated rings. The Labute approximate surface area is 92.1 Å². The van der Waals surface area contributed by atoms with Gasteiger partial charge in [-0.3, -0.25) is 0 Å². The lowest BCUT2D eigenvalue weighted by atomic mass is 9.88. The van der Waals surface area contributed by atoms with Crippen molar-refractivity contribution in [3.63, 3.8) is 0 Å². The molecule has 15 heavy (non-hydrogen) atoms. The Balaban J connectivity index is 2.85. The number of aliphatic hydroxyl groups excluding tert-OH is 2. The molecule has 6 nitrogen and oxygen atoms in total. The summed E-state index contributed by atoms with van der Waals surface area (Å²) in [6.07, 6.45) is 0.286. The normalized spacial score (nSPS) is 11.7. The predicted molar refractivity (Wildman–Crippen MR) is 55.2 cm³/mol. The van der Waals surface area contributed by atoms with Crippen LogP contribution >= 0.6 is 11.6 Å². The average Bonchev–Trinajstić information content (AvgIpc) is 2.23. The van der Waals surface area contributed by atoms with Gasteiger partial charge in [-0.25, -0.2) is 4.98 Å². The Bertz CT molecular complexity index is 343. The molecule has 84 valence electrons. The summed E-state index contributed by atoms with van der Waals surface area (Å²) < 4.78 is 0. The topological polar surface area (TPSA) is 105 Å². The van der Waals surface area contributed by atoms with Crippen molar-refractivity contribution in [2.45, 2.75) is 13.3 Å². The van der Waals surface area contributed by atoms with E-state index in [0.29, 0.717) is 5.82 Å². The van der Waals surface area contributed by atoms with E-state index in [9.17, 15) is 0 Å². The SMILES string of the molecule is CC(CO)(CO)Cc1nnc(Cl)c(N)n1. The van der Waals surface area contributed by atoms with Gasteiger partial charge in [-0.2, -0.15) is 0 Å². The first kappa shape index (κ1) is 12.1. The molecule has 1 aromatic rings. The molecule has 0 aromatic carbocycles. The van der Waals surface area contributed by atoms with Gasteiger partial charge in [0.1, 0.15) is 0 Å². The molecule has 4 N–H and O–H groups in total. The minimum atomic E-state index is -0.679. The van der Waals surface area contributed by atoms with Gasteiger partial charge in [0.2, 0.25) is 0 Å². The third-order valence-electron chi connectivity index (χ3n) is 2.06. The maximum absolute atomic E-state index is 9.08. The Morgan fingerprint density at radius 1 is 1.33 bits per heavy atom. The highest BCUT2D eigenvalue weighted by Crippen LogP contribution is 2.20. The van der Waals surface area contributed by atoms with Crippen LogP contribution in [0.25, 0.3) is 0 Å². The van der Waals surface area contributed by atoms with Crippen LogP contribution in [0.5, 0.6) is 0 Å². The van der Waals surface area contributed by atoms with Crippen LogP contribution in [0.1, 0.15) is 12.7 Å². The number of hydrogen-bond donors (Lipinski definition) is 3. The van der Waals surface area contributed by atoms with E-state index in [-0.39, 0.29) is 30.6 Å². The molecule has 0 unspecified atom stereocenters. The van der Waals surface area contributed by atoms with E-state index in [0.717, 1.165) is 0 Å². The maximum Gasteiger partial charge on any atom is 0.193 e. The van der Waals surface area contributed by atoms with Crippen molar-refractivity contribution in [1.29, 1.82) is 0 Å². The molecule has 1 heterocycles. The molecule has 0 aliphatic carbocycles. The lowest BCUT2D eigenvalue weighted by molar-refractivity contribution is 0.0685. The highest BCUT2D eigenvalue weighted by atomic mass is 35.5. The molecule has 0 aliphatic heterocycles. The van der Waals surface area contributed by atoms with E-state index in [1.54, 1.807) is 6.92 Å². The Morgan fingerprint density at radius 2 is 1.93 bits per heavy atom. The van der Waals surface area contributed by atoms with Gasteiger partial charge < -0.3 is 15.9 Å². The van der Waals surface area contributed by atoms with E-state index in [1.807, 2.05) is 0 Å². The van der Waals surface area contributed by atoms with Crippen molar-refractivity contribution >= 4 is 17.4 Å². The fourth-order valence-corrected chi connectivity index (χ4v) is 1.06. The second kappa shape index (κ2) is 4.69. The van der Waals surface area contributed by atoms with E-state index in [4.69, 9.17) is 27.5 Å². The zero-order valence-electron chi connectivity index (χ0n) is 8.31. The van der Waals surface area contributed by atoms with E-state index in [1.165, 1.54) is 0 Å². The second-order valence-corrected chi connectivity index (χ2v) is 4.07. The number of hydrogen-bond acceptors (Lipinski definition) is 6. The Hall–Kier alpha value is -0.980. The largest absolute Gasteiger partial charge is 0.396 e. The van der Waals surface area contributed by atoms with Crippen LogP contribution in [0, 0.1) is 5.41 Å². The number of aliphatic hydroxyl groups is 2. The number of halogens is 1. The molecule has 0 saturated heterocycles. The van der Waals surface area contributed by atoms with E-state index < -0.39 is 5.41 Å². The first-order valence-electron chi connectivity index (χ1n) is 4.37. The lowest BCUT2D eigenvalue weighted by Gasteiger charge is -2.23. The Kier molecular flexibility index (Phi) is 3.78. The monoisotopic (exact) mass is 232 g/mol. The zero-order valence-corrected chi connectivity index (χ0v) is 9.07. The van der Waals surface area contributed by atoms with Crippen LogP contribution < -0.4 is 5.73 Å². The minimum absolute atomic E-state index is 0.0495. The summed E-state index contributed by atoms with van der Waals surface area (Å²) in [6.45, 7) is 1.37. The molecule has 0 bridgehead atoms. The van der Waals surface area contributed by atoms with Gasteiger partial charge in [-0.1, -0.05) is 18.5 Å². The van der Waals surface area contributed by atoms with Crippen LogP contribution in [-0.2, 0) is 6.42 Å². The molecular weight excluding hydrogens is 220 g/mol. The number of nitrogens with zero attached hydrogens (tertiary/aromatic N) is 3. The molecule has 0 amide bonds. The quantitative estimate of drug-likeness (QED) is 0.655. The molecule has 0 radical (unpaired) electrons. The second-order valence-electron chi connectivity index (χ2n) is 3.71. The number of nitrogens with two attached hydrogens (primary N) is 1. The average molecular weight is 233 g/mol. The summed E-state index contributed by atoms with van der Waals surface area (Å²) in [6, 6.07) is 0. The predicted octanol–water partition coefficient (Wildman–Crippen LogP) is -0.359. The molecule has 1 aromatic heterocycles. The minimum Gasteiger partial charge on any atom is -0.396 e. The lowest BCUT2D eigenvalue weighted by Crippen LogP contribution is -2.29. The molecule has 0 aliphatic rings. The van der Waals surface area contributed by atoms with Gasteiger partial charge >= 0.3 is 0 Å². The summed E-state index contributed by atoms with van der Waals surface area (Å²) in [4.78, 5) is 3.90. The van der Waals surface area contributed by atoms with Crippen molar-refractivity contribution in [1.82, 2.24) is 15.2 Å². The fraction of sp³-hybridized carbons (Fsp3) is 0.625. The van der Waals surface area contributed by atoms with Crippen LogP contribution in [0.3, 0.4) is 0 Å². The molecule has 0 saturated carbocycles. The van der Waals surface area contributed by atoms with Gasteiger partial charge in [-0.05, 0) is 0 Å². The highest BCUT2D eigenvalue weighted by molar-refractivity contribution is 6.31. The number of anilines is 1. The number of aromatic nitrogens is 3. The van der Waals surface area contributed by atoms with Crippen LogP contribution in [0.4, 0.5) is 5.82 Å². The van der Waals surface area contributed by atoms with Crippen molar-refractivity contribution in [2.75, 3.05) is 18.9 Å². The molecular formula is C8H13ClN4O2. The van der Waals surface area contributed by atoms with Crippen LogP contribution in [-0.4, -0.2) is 38.6 Å². The van der Waals surface area contributed by atoms with Crippen molar-refractivity contribution in [2.24, 2.45) is 5.41 Å². The first-order valence-corrected chi connectivity index (χ1v) is 4.75. The van der Waals surface area contributed by atoms with Gasteiger partial charge in [0.15, 0.2) is 16.8 Å². The van der Waals surface area contributed by atoms with Gasteiger partial charge in [-0.15, -0.1) is 10.2 Å². The van der Waals surface area contributed by atoms with Gasteiger partial charge in [0.05, 0.1) is 13.2 Å². The summed E-state index contributed by atoms with van der Waals surface area (Å²) in [5.74, 6) is 0.447.